The predicted molar refractivity (Wildman–Crippen MR) is 77.8 cm³/mol. The van der Waals surface area contributed by atoms with E-state index in [0.29, 0.717) is 18.3 Å². The predicted octanol–water partition coefficient (Wildman–Crippen LogP) is 1.78. The maximum absolute atomic E-state index is 14.0. The van der Waals surface area contributed by atoms with E-state index in [4.69, 9.17) is 28.7 Å². The van der Waals surface area contributed by atoms with Crippen molar-refractivity contribution < 1.29 is 33.1 Å². The first-order valence-corrected chi connectivity index (χ1v) is 10.1. The van der Waals surface area contributed by atoms with Gasteiger partial charge in [-0.15, -0.1) is 0 Å². The number of hydrogen-bond acceptors (Lipinski definition) is 3. The third kappa shape index (κ3) is 4.68. The first kappa shape index (κ1) is 18.2. The van der Waals surface area contributed by atoms with Crippen molar-refractivity contribution in [3.63, 3.8) is 0 Å². The van der Waals surface area contributed by atoms with Crippen molar-refractivity contribution in [3.8, 4) is 11.5 Å². The average Bonchev–Trinajstić information content (AvgIpc) is 3.15. The Morgan fingerprint density at radius 2 is 2.05 bits per heavy atom. The molecule has 0 radical (unpaired) electrons. The van der Waals surface area contributed by atoms with Gasteiger partial charge >= 0.3 is 126 Å². The molecule has 1 aliphatic heterocycles. The Hall–Kier alpha value is -0.140. The van der Waals surface area contributed by atoms with Gasteiger partial charge in [0.25, 0.3) is 0 Å². The molecule has 3 rings (SSSR count). The summed E-state index contributed by atoms with van der Waals surface area (Å²) in [5.74, 6) is 1.87. The monoisotopic (exact) mass is 342 g/mol. The maximum Gasteiger partial charge on any atom is 0.466 e. The molecule has 1 aliphatic carbocycles. The standard InChI is InChI=1S/C13H14FO2.Na.H3O4P/c1-7-6-16-13-10(14)5-9(8-3-4-8)12(15-2)11(7)13;;1-5(2,3)4/h5,7-8H,2-4,6H2,1H3;;(H3,1,2,3,4). The molecule has 1 aromatic rings. The second-order valence-corrected chi connectivity index (χ2v) is 7.06. The van der Waals surface area contributed by atoms with Crippen LogP contribution in [0.3, 0.4) is 0 Å². The van der Waals surface area contributed by atoms with Gasteiger partial charge in [0.1, 0.15) is 0 Å². The van der Waals surface area contributed by atoms with Gasteiger partial charge in [-0.05, 0) is 0 Å². The number of benzene rings is 1. The van der Waals surface area contributed by atoms with E-state index in [2.05, 4.69) is 6.92 Å². The second kappa shape index (κ2) is 7.18. The van der Waals surface area contributed by atoms with E-state index in [1.165, 1.54) is 0 Å². The van der Waals surface area contributed by atoms with Crippen LogP contribution in [0.4, 0.5) is 4.39 Å². The van der Waals surface area contributed by atoms with Gasteiger partial charge in [-0.3, -0.25) is 0 Å². The summed E-state index contributed by atoms with van der Waals surface area (Å²) < 4.78 is 34.9. The van der Waals surface area contributed by atoms with Gasteiger partial charge in [-0.1, -0.05) is 0 Å². The first-order chi connectivity index (χ1) is 10.2. The molecular formula is C13H17FNaO6P. The van der Waals surface area contributed by atoms with Crippen LogP contribution in [-0.4, -0.2) is 53.1 Å². The fourth-order valence-corrected chi connectivity index (χ4v) is 2.83. The Morgan fingerprint density at radius 1 is 1.45 bits per heavy atom. The molecule has 1 aromatic carbocycles. The average molecular weight is 342 g/mol. The van der Waals surface area contributed by atoms with E-state index in [9.17, 15) is 4.39 Å². The Balaban J connectivity index is 0.000000309. The van der Waals surface area contributed by atoms with Crippen LogP contribution < -0.4 is 9.47 Å². The normalized spacial score (nSPS) is 19.9. The van der Waals surface area contributed by atoms with Crippen LogP contribution in [0.25, 0.3) is 0 Å². The van der Waals surface area contributed by atoms with Gasteiger partial charge in [-0.2, -0.15) is 0 Å². The summed E-state index contributed by atoms with van der Waals surface area (Å²) in [5.41, 5.74) is 2.03. The molecule has 0 saturated heterocycles. The van der Waals surface area contributed by atoms with Gasteiger partial charge in [0, 0.05) is 0 Å². The minimum absolute atomic E-state index is 0.216. The van der Waals surface area contributed by atoms with E-state index in [1.54, 1.807) is 6.07 Å². The minimum atomic E-state index is -4.64. The fourth-order valence-electron chi connectivity index (χ4n) is 2.54. The maximum atomic E-state index is 14.0. The third-order valence-electron chi connectivity index (χ3n) is 3.53. The minimum Gasteiger partial charge on any atom is -0.303 e. The molecule has 6 nitrogen and oxygen atoms in total. The Labute approximate surface area is 145 Å². The van der Waals surface area contributed by atoms with Crippen LogP contribution in [0.2, 0.25) is 0 Å². The zero-order valence-corrected chi connectivity index (χ0v) is 15.3. The summed E-state index contributed by atoms with van der Waals surface area (Å²) in [6.07, 6.45) is 2.32. The summed E-state index contributed by atoms with van der Waals surface area (Å²) >= 11 is 0.991. The molecule has 0 amide bonds. The SMILES string of the molecule is CC1COc2c(F)cc(C3CC3)c(O[CH2][Na])c21.O=P(O)(O)O. The Morgan fingerprint density at radius 3 is 2.55 bits per heavy atom. The molecule has 3 N–H and O–H groups in total. The number of fused-ring (bicyclic) bond motifs is 1. The van der Waals surface area contributed by atoms with E-state index >= 15 is 0 Å². The molecule has 0 spiro atoms. The molecule has 2 aliphatic rings. The van der Waals surface area contributed by atoms with E-state index in [-0.39, 0.29) is 11.7 Å². The van der Waals surface area contributed by atoms with Crippen LogP contribution in [0.5, 0.6) is 11.5 Å². The van der Waals surface area contributed by atoms with E-state index in [0.717, 1.165) is 61.5 Å². The second-order valence-electron chi connectivity index (χ2n) is 5.45. The summed E-state index contributed by atoms with van der Waals surface area (Å²) in [6, 6.07) is 1.63. The quantitative estimate of drug-likeness (QED) is 0.572. The van der Waals surface area contributed by atoms with Crippen LogP contribution in [0, 0.1) is 5.82 Å². The van der Waals surface area contributed by atoms with Crippen LogP contribution in [-0.2, 0) is 4.57 Å². The number of hydrogen-bond donors (Lipinski definition) is 3. The molecule has 1 fully saturated rings. The molecule has 118 valence electrons. The molecule has 0 bridgehead atoms. The van der Waals surface area contributed by atoms with Crippen LogP contribution in [0.1, 0.15) is 42.7 Å². The van der Waals surface area contributed by atoms with Crippen molar-refractivity contribution in [1.29, 1.82) is 0 Å². The topological polar surface area (TPSA) is 96.2 Å². The molecule has 1 unspecified atom stereocenters. The fraction of sp³-hybridized carbons (Fsp3) is 0.538. The molecule has 1 atom stereocenters. The molecular weight excluding hydrogens is 325 g/mol. The Kier molecular flexibility index (Phi) is 5.94. The number of ether oxygens (including phenoxy) is 2. The number of halogens is 1. The summed E-state index contributed by atoms with van der Waals surface area (Å²) in [7, 11) is -4.64. The summed E-state index contributed by atoms with van der Waals surface area (Å²) in [5, 5.41) is 0. The van der Waals surface area contributed by atoms with E-state index < -0.39 is 7.82 Å². The van der Waals surface area contributed by atoms with Crippen molar-refractivity contribution in [3.05, 3.63) is 23.0 Å². The first-order valence-electron chi connectivity index (χ1n) is 7.12. The zero-order valence-electron chi connectivity index (χ0n) is 12.5. The molecule has 1 heterocycles. The molecule has 9 heteroatoms. The van der Waals surface area contributed by atoms with Gasteiger partial charge in [0.05, 0.1) is 0 Å². The van der Waals surface area contributed by atoms with E-state index in [1.807, 2.05) is 0 Å². The molecule has 1 saturated carbocycles. The Bertz CT molecular complexity index is 592. The van der Waals surface area contributed by atoms with Crippen molar-refractivity contribution in [2.75, 3.05) is 10.5 Å². The summed E-state index contributed by atoms with van der Waals surface area (Å²) in [4.78, 5) is 21.6. The van der Waals surface area contributed by atoms with Gasteiger partial charge in [0.15, 0.2) is 0 Å². The number of phosphoric acid groups is 1. The van der Waals surface area contributed by atoms with Crippen molar-refractivity contribution in [1.82, 2.24) is 0 Å². The van der Waals surface area contributed by atoms with Crippen LogP contribution in [0.15, 0.2) is 6.07 Å². The smallest absolute Gasteiger partial charge is 0.303 e. The van der Waals surface area contributed by atoms with Crippen molar-refractivity contribution >= 4 is 35.8 Å². The van der Waals surface area contributed by atoms with Crippen LogP contribution >= 0.6 is 7.82 Å². The molecule has 0 aromatic heterocycles. The summed E-state index contributed by atoms with van der Waals surface area (Å²) in [6.45, 7) is 2.64. The van der Waals surface area contributed by atoms with Crippen molar-refractivity contribution in [2.24, 2.45) is 0 Å². The van der Waals surface area contributed by atoms with Gasteiger partial charge < -0.3 is 14.7 Å². The van der Waals surface area contributed by atoms with Crippen molar-refractivity contribution in [2.45, 2.75) is 31.6 Å². The zero-order chi connectivity index (χ0) is 16.5. The largest absolute Gasteiger partial charge is 0.466 e. The van der Waals surface area contributed by atoms with Gasteiger partial charge in [-0.25, -0.2) is 4.57 Å². The van der Waals surface area contributed by atoms with Gasteiger partial charge in [0.2, 0.25) is 0 Å². The third-order valence-corrected chi connectivity index (χ3v) is 3.82. The number of rotatable bonds is 3. The molecule has 22 heavy (non-hydrogen) atoms.